The van der Waals surface area contributed by atoms with E-state index in [1.165, 1.54) is 6.07 Å². The van der Waals surface area contributed by atoms with Crippen molar-refractivity contribution in [3.05, 3.63) is 44.4 Å². The van der Waals surface area contributed by atoms with Gasteiger partial charge in [-0.15, -0.1) is 0 Å². The third kappa shape index (κ3) is 2.94. The van der Waals surface area contributed by atoms with Crippen LogP contribution in [0.4, 0.5) is 4.39 Å². The molecule has 0 bridgehead atoms. The predicted octanol–water partition coefficient (Wildman–Crippen LogP) is 0.279. The standard InChI is InChI=1S/C16H21FN4O3/c1-16(8-18)3-5-20(9-16)4-2-10-6-13-11(7-12(10)17)14(22)21(24)15(23)19-13/h6-7,24H,2-5,8-9,18H2,1H3,(H,19,23). The van der Waals surface area contributed by atoms with Gasteiger partial charge in [0.05, 0.1) is 10.9 Å². The van der Waals surface area contributed by atoms with E-state index in [0.29, 0.717) is 25.1 Å². The Hall–Kier alpha value is -2.19. The molecule has 1 atom stereocenters. The van der Waals surface area contributed by atoms with Gasteiger partial charge in [0.15, 0.2) is 0 Å². The first-order valence-corrected chi connectivity index (χ1v) is 7.92. The van der Waals surface area contributed by atoms with Gasteiger partial charge in [-0.1, -0.05) is 11.7 Å². The first kappa shape index (κ1) is 16.7. The molecule has 7 nitrogen and oxygen atoms in total. The fourth-order valence-electron chi connectivity index (χ4n) is 3.23. The lowest BCUT2D eigenvalue weighted by Crippen LogP contribution is -2.33. The Morgan fingerprint density at radius 1 is 1.42 bits per heavy atom. The van der Waals surface area contributed by atoms with Crippen LogP contribution in [0, 0.1) is 11.2 Å². The predicted molar refractivity (Wildman–Crippen MR) is 87.9 cm³/mol. The van der Waals surface area contributed by atoms with Crippen LogP contribution < -0.4 is 17.0 Å². The number of nitrogens with one attached hydrogen (secondary N) is 1. The van der Waals surface area contributed by atoms with Crippen molar-refractivity contribution in [2.24, 2.45) is 11.1 Å². The van der Waals surface area contributed by atoms with Crippen molar-refractivity contribution in [2.75, 3.05) is 26.2 Å². The van der Waals surface area contributed by atoms with E-state index < -0.39 is 17.1 Å². The van der Waals surface area contributed by atoms with E-state index in [0.717, 1.165) is 25.6 Å². The van der Waals surface area contributed by atoms with Gasteiger partial charge < -0.3 is 20.8 Å². The maximum absolute atomic E-state index is 14.3. The minimum atomic E-state index is -0.941. The minimum absolute atomic E-state index is 0.0562. The quantitative estimate of drug-likeness (QED) is 0.696. The Kier molecular flexibility index (Phi) is 4.18. The Morgan fingerprint density at radius 2 is 2.17 bits per heavy atom. The third-order valence-corrected chi connectivity index (χ3v) is 4.87. The van der Waals surface area contributed by atoms with Gasteiger partial charge >= 0.3 is 5.69 Å². The highest BCUT2D eigenvalue weighted by Crippen LogP contribution is 2.28. The molecule has 1 aromatic carbocycles. The molecular weight excluding hydrogens is 315 g/mol. The molecule has 1 unspecified atom stereocenters. The molecule has 3 rings (SSSR count). The molecule has 1 saturated heterocycles. The van der Waals surface area contributed by atoms with Crippen LogP contribution in [-0.4, -0.2) is 46.0 Å². The fraction of sp³-hybridized carbons (Fsp3) is 0.500. The maximum atomic E-state index is 14.3. The molecular formula is C16H21FN4O3. The van der Waals surface area contributed by atoms with Crippen LogP contribution in [0.25, 0.3) is 10.9 Å². The molecule has 0 saturated carbocycles. The highest BCUT2D eigenvalue weighted by molar-refractivity contribution is 5.78. The number of fused-ring (bicyclic) bond motifs is 1. The van der Waals surface area contributed by atoms with E-state index in [9.17, 15) is 19.2 Å². The van der Waals surface area contributed by atoms with Crippen molar-refractivity contribution in [3.63, 3.8) is 0 Å². The van der Waals surface area contributed by atoms with Gasteiger partial charge in [-0.05, 0) is 49.0 Å². The number of aromatic amines is 1. The maximum Gasteiger partial charge on any atom is 0.362 e. The van der Waals surface area contributed by atoms with Gasteiger partial charge in [-0.3, -0.25) is 4.79 Å². The first-order valence-electron chi connectivity index (χ1n) is 7.92. The second-order valence-electron chi connectivity index (χ2n) is 6.83. The van der Waals surface area contributed by atoms with Crippen molar-refractivity contribution in [2.45, 2.75) is 19.8 Å². The molecule has 1 aliphatic heterocycles. The number of nitrogens with two attached hydrogens (primary N) is 1. The van der Waals surface area contributed by atoms with E-state index in [1.807, 2.05) is 0 Å². The molecule has 0 aliphatic carbocycles. The second kappa shape index (κ2) is 6.03. The summed E-state index contributed by atoms with van der Waals surface area (Å²) < 4.78 is 14.2. The Balaban J connectivity index is 1.83. The SMILES string of the molecule is CC1(CN)CCN(CCc2cc3[nH]c(=O)n(O)c(=O)c3cc2F)C1. The highest BCUT2D eigenvalue weighted by atomic mass is 19.1. The van der Waals surface area contributed by atoms with Crippen LogP contribution in [0.2, 0.25) is 0 Å². The van der Waals surface area contributed by atoms with Crippen LogP contribution in [0.5, 0.6) is 0 Å². The van der Waals surface area contributed by atoms with Crippen molar-refractivity contribution in [1.29, 1.82) is 0 Å². The number of H-pyrrole nitrogens is 1. The van der Waals surface area contributed by atoms with Crippen LogP contribution in [-0.2, 0) is 6.42 Å². The summed E-state index contributed by atoms with van der Waals surface area (Å²) >= 11 is 0. The highest BCUT2D eigenvalue weighted by Gasteiger charge is 2.32. The lowest BCUT2D eigenvalue weighted by Gasteiger charge is -2.22. The number of hydrogen-bond acceptors (Lipinski definition) is 5. The third-order valence-electron chi connectivity index (χ3n) is 4.87. The van der Waals surface area contributed by atoms with E-state index in [1.54, 1.807) is 0 Å². The molecule has 4 N–H and O–H groups in total. The van der Waals surface area contributed by atoms with Crippen molar-refractivity contribution < 1.29 is 9.60 Å². The number of hydrogen-bond donors (Lipinski definition) is 3. The molecule has 130 valence electrons. The van der Waals surface area contributed by atoms with Crippen molar-refractivity contribution in [3.8, 4) is 0 Å². The van der Waals surface area contributed by atoms with Crippen LogP contribution in [0.1, 0.15) is 18.9 Å². The zero-order chi connectivity index (χ0) is 17.5. The van der Waals surface area contributed by atoms with Crippen molar-refractivity contribution in [1.82, 2.24) is 14.6 Å². The summed E-state index contributed by atoms with van der Waals surface area (Å²) in [7, 11) is 0. The van der Waals surface area contributed by atoms with Gasteiger partial charge in [0.1, 0.15) is 5.82 Å². The molecule has 8 heteroatoms. The van der Waals surface area contributed by atoms with Gasteiger partial charge in [0.2, 0.25) is 0 Å². The number of likely N-dealkylation sites (tertiary alicyclic amines) is 1. The minimum Gasteiger partial charge on any atom is -0.421 e. The molecule has 1 aliphatic rings. The molecule has 24 heavy (non-hydrogen) atoms. The smallest absolute Gasteiger partial charge is 0.362 e. The van der Waals surface area contributed by atoms with E-state index in [4.69, 9.17) is 5.73 Å². The van der Waals surface area contributed by atoms with Crippen LogP contribution >= 0.6 is 0 Å². The van der Waals surface area contributed by atoms with Crippen LogP contribution in [0.3, 0.4) is 0 Å². The van der Waals surface area contributed by atoms with Crippen LogP contribution in [0.15, 0.2) is 21.7 Å². The number of nitrogens with zero attached hydrogens (tertiary/aromatic N) is 2. The monoisotopic (exact) mass is 336 g/mol. The number of rotatable bonds is 4. The number of halogens is 1. The summed E-state index contributed by atoms with van der Waals surface area (Å²) in [6, 6.07) is 2.52. The summed E-state index contributed by atoms with van der Waals surface area (Å²) in [6.07, 6.45) is 1.49. The van der Waals surface area contributed by atoms with E-state index in [-0.39, 0.29) is 21.0 Å². The summed E-state index contributed by atoms with van der Waals surface area (Å²) in [5.74, 6) is -0.521. The summed E-state index contributed by atoms with van der Waals surface area (Å²) in [5.41, 5.74) is 4.68. The summed E-state index contributed by atoms with van der Waals surface area (Å²) in [4.78, 5) is 27.9. The number of benzene rings is 1. The molecule has 1 aromatic heterocycles. The molecule has 1 fully saturated rings. The average molecular weight is 336 g/mol. The average Bonchev–Trinajstić information content (AvgIpc) is 2.94. The molecule has 0 spiro atoms. The number of aromatic nitrogens is 2. The molecule has 0 amide bonds. The lowest BCUT2D eigenvalue weighted by molar-refractivity contribution is 0.162. The van der Waals surface area contributed by atoms with Gasteiger partial charge in [-0.2, -0.15) is 0 Å². The Bertz CT molecular complexity index is 891. The van der Waals surface area contributed by atoms with Gasteiger partial charge in [-0.25, -0.2) is 9.18 Å². The van der Waals surface area contributed by atoms with Gasteiger partial charge in [0, 0.05) is 13.1 Å². The first-order chi connectivity index (χ1) is 11.3. The zero-order valence-corrected chi connectivity index (χ0v) is 13.5. The largest absolute Gasteiger partial charge is 0.421 e. The molecule has 2 aromatic rings. The van der Waals surface area contributed by atoms with Crippen molar-refractivity contribution >= 4 is 10.9 Å². The normalized spacial score (nSPS) is 21.6. The molecule has 0 radical (unpaired) electrons. The van der Waals surface area contributed by atoms with Gasteiger partial charge in [0.25, 0.3) is 5.56 Å². The summed E-state index contributed by atoms with van der Waals surface area (Å²) in [5, 5.41) is 9.24. The Labute approximate surface area is 137 Å². The topological polar surface area (TPSA) is 104 Å². The Morgan fingerprint density at radius 3 is 2.83 bits per heavy atom. The lowest BCUT2D eigenvalue weighted by atomic mass is 9.90. The van der Waals surface area contributed by atoms with E-state index >= 15 is 0 Å². The second-order valence-corrected chi connectivity index (χ2v) is 6.83. The fourth-order valence-corrected chi connectivity index (χ4v) is 3.23. The van der Waals surface area contributed by atoms with E-state index in [2.05, 4.69) is 16.8 Å². The summed E-state index contributed by atoms with van der Waals surface area (Å²) in [6.45, 7) is 5.26. The zero-order valence-electron chi connectivity index (χ0n) is 13.5. The molecule has 2 heterocycles.